The molecule has 0 unspecified atom stereocenters. The van der Waals surface area contributed by atoms with E-state index in [-0.39, 0.29) is 0 Å². The first kappa shape index (κ1) is 13.4. The molecule has 0 heterocycles. The molecular weight excluding hydrogens is 218 g/mol. The first-order chi connectivity index (χ1) is 8.31. The molecule has 0 aliphatic carbocycles. The lowest BCUT2D eigenvalue weighted by Crippen LogP contribution is -2.00. The van der Waals surface area contributed by atoms with Gasteiger partial charge >= 0.3 is 0 Å². The molecule has 0 saturated heterocycles. The Kier molecular flexibility index (Phi) is 5.93. The minimum atomic E-state index is 0.660. The Morgan fingerprint density at radius 3 is 2.82 bits per heavy atom. The number of rotatable bonds is 7. The molecule has 0 aliphatic rings. The Labute approximate surface area is 102 Å². The van der Waals surface area contributed by atoms with Crippen LogP contribution >= 0.6 is 0 Å². The highest BCUT2D eigenvalue weighted by Crippen LogP contribution is 2.23. The van der Waals surface area contributed by atoms with Gasteiger partial charge in [0.15, 0.2) is 0 Å². The Bertz CT molecular complexity index is 364. The number of benzene rings is 1. The average Bonchev–Trinajstić information content (AvgIpc) is 2.36. The van der Waals surface area contributed by atoms with Gasteiger partial charge in [-0.3, -0.25) is 0 Å². The van der Waals surface area contributed by atoms with Crippen LogP contribution in [0.1, 0.15) is 31.7 Å². The lowest BCUT2D eigenvalue weighted by molar-refractivity contribution is 0.302. The van der Waals surface area contributed by atoms with Crippen molar-refractivity contribution in [1.82, 2.24) is 0 Å². The molecule has 1 rings (SSSR count). The maximum absolute atomic E-state index is 8.56. The smallest absolute Gasteiger partial charge is 0.131 e. The van der Waals surface area contributed by atoms with E-state index in [2.05, 4.69) is 12.1 Å². The molecule has 94 valence electrons. The van der Waals surface area contributed by atoms with Crippen LogP contribution in [0.4, 0.5) is 0 Å². The summed E-state index contributed by atoms with van der Waals surface area (Å²) < 4.78 is 10.8. The maximum atomic E-state index is 8.56. The maximum Gasteiger partial charge on any atom is 0.131 e. The largest absolute Gasteiger partial charge is 0.497 e. The van der Waals surface area contributed by atoms with Crippen LogP contribution in [-0.2, 0) is 0 Å². The zero-order valence-electron chi connectivity index (χ0n) is 10.3. The molecule has 17 heavy (non-hydrogen) atoms. The number of hydrogen-bond acceptors (Lipinski definition) is 4. The summed E-state index contributed by atoms with van der Waals surface area (Å²) in [4.78, 5) is 0. The number of unbranched alkanes of at least 4 members (excludes halogenated alkanes) is 2. The summed E-state index contributed by atoms with van der Waals surface area (Å²) in [5, 5.41) is 11.6. The summed E-state index contributed by atoms with van der Waals surface area (Å²) in [6.45, 7) is 2.81. The van der Waals surface area contributed by atoms with Gasteiger partial charge in [0.05, 0.1) is 19.9 Å². The Morgan fingerprint density at radius 1 is 1.35 bits per heavy atom. The van der Waals surface area contributed by atoms with Gasteiger partial charge in [0.2, 0.25) is 0 Å². The second-order valence-corrected chi connectivity index (χ2v) is 3.70. The molecule has 0 saturated carbocycles. The molecule has 0 spiro atoms. The predicted molar refractivity (Wildman–Crippen MR) is 67.4 cm³/mol. The van der Waals surface area contributed by atoms with E-state index in [4.69, 9.17) is 14.7 Å². The summed E-state index contributed by atoms with van der Waals surface area (Å²) in [6.07, 6.45) is 4.68. The van der Waals surface area contributed by atoms with Crippen molar-refractivity contribution < 1.29 is 14.7 Å². The van der Waals surface area contributed by atoms with Gasteiger partial charge in [-0.2, -0.15) is 0 Å². The summed E-state index contributed by atoms with van der Waals surface area (Å²) in [7, 11) is 1.61. The van der Waals surface area contributed by atoms with Crippen LogP contribution in [0.5, 0.6) is 11.5 Å². The topological polar surface area (TPSA) is 51.0 Å². The van der Waals surface area contributed by atoms with E-state index in [1.807, 2.05) is 0 Å². The fraction of sp³-hybridized carbons (Fsp3) is 0.462. The molecule has 4 nitrogen and oxygen atoms in total. The van der Waals surface area contributed by atoms with E-state index in [1.165, 1.54) is 6.21 Å². The second-order valence-electron chi connectivity index (χ2n) is 3.70. The molecule has 1 N–H and O–H groups in total. The van der Waals surface area contributed by atoms with Crippen molar-refractivity contribution in [2.24, 2.45) is 5.16 Å². The van der Waals surface area contributed by atoms with E-state index >= 15 is 0 Å². The molecule has 0 aliphatic heterocycles. The molecule has 0 bridgehead atoms. The predicted octanol–water partition coefficient (Wildman–Crippen LogP) is 3.07. The van der Waals surface area contributed by atoms with E-state index in [9.17, 15) is 0 Å². The summed E-state index contributed by atoms with van der Waals surface area (Å²) in [5.41, 5.74) is 0.741. The SMILES string of the molecule is CCCCCOc1cc(OC)ccc1/C=N/O. The van der Waals surface area contributed by atoms with Gasteiger partial charge in [0.25, 0.3) is 0 Å². The molecule has 0 amide bonds. The highest BCUT2D eigenvalue weighted by Gasteiger charge is 2.04. The van der Waals surface area contributed by atoms with Crippen molar-refractivity contribution >= 4 is 6.21 Å². The zero-order chi connectivity index (χ0) is 12.5. The first-order valence-corrected chi connectivity index (χ1v) is 5.80. The van der Waals surface area contributed by atoms with Gasteiger partial charge in [-0.05, 0) is 18.6 Å². The van der Waals surface area contributed by atoms with Gasteiger partial charge < -0.3 is 14.7 Å². The van der Waals surface area contributed by atoms with Gasteiger partial charge in [0.1, 0.15) is 11.5 Å². The summed E-state index contributed by atoms with van der Waals surface area (Å²) in [5.74, 6) is 1.41. The van der Waals surface area contributed by atoms with Gasteiger partial charge in [0, 0.05) is 11.6 Å². The van der Waals surface area contributed by atoms with Crippen molar-refractivity contribution in [3.63, 3.8) is 0 Å². The van der Waals surface area contributed by atoms with Crippen LogP contribution < -0.4 is 9.47 Å². The van der Waals surface area contributed by atoms with E-state index in [1.54, 1.807) is 25.3 Å². The van der Waals surface area contributed by atoms with E-state index in [0.717, 1.165) is 30.6 Å². The molecule has 1 aromatic carbocycles. The third kappa shape index (κ3) is 4.34. The number of ether oxygens (including phenoxy) is 2. The highest BCUT2D eigenvalue weighted by molar-refractivity contribution is 5.83. The molecule has 0 aromatic heterocycles. The molecular formula is C13H19NO3. The molecule has 4 heteroatoms. The van der Waals surface area contributed by atoms with Crippen molar-refractivity contribution in [3.05, 3.63) is 23.8 Å². The normalized spacial score (nSPS) is 10.7. The first-order valence-electron chi connectivity index (χ1n) is 5.80. The molecule has 0 fully saturated rings. The Balaban J connectivity index is 2.71. The van der Waals surface area contributed by atoms with Crippen molar-refractivity contribution in [2.75, 3.05) is 13.7 Å². The molecule has 0 atom stereocenters. The van der Waals surface area contributed by atoms with Crippen LogP contribution in [-0.4, -0.2) is 25.1 Å². The van der Waals surface area contributed by atoms with E-state index in [0.29, 0.717) is 12.4 Å². The van der Waals surface area contributed by atoms with Crippen LogP contribution in [0, 0.1) is 0 Å². The molecule has 1 aromatic rings. The van der Waals surface area contributed by atoms with Crippen molar-refractivity contribution in [3.8, 4) is 11.5 Å². The third-order valence-electron chi connectivity index (χ3n) is 2.42. The molecule has 0 radical (unpaired) electrons. The quantitative estimate of drug-likeness (QED) is 0.343. The highest BCUT2D eigenvalue weighted by atomic mass is 16.5. The number of nitrogens with zero attached hydrogens (tertiary/aromatic N) is 1. The third-order valence-corrected chi connectivity index (χ3v) is 2.42. The van der Waals surface area contributed by atoms with Crippen LogP contribution in [0.2, 0.25) is 0 Å². The fourth-order valence-electron chi connectivity index (χ4n) is 1.47. The Morgan fingerprint density at radius 2 is 2.18 bits per heavy atom. The number of hydrogen-bond donors (Lipinski definition) is 1. The number of methoxy groups -OCH3 is 1. The van der Waals surface area contributed by atoms with Gasteiger partial charge in [-0.15, -0.1) is 0 Å². The van der Waals surface area contributed by atoms with Gasteiger partial charge in [-0.1, -0.05) is 24.9 Å². The minimum absolute atomic E-state index is 0.660. The van der Waals surface area contributed by atoms with Crippen molar-refractivity contribution in [1.29, 1.82) is 0 Å². The summed E-state index contributed by atoms with van der Waals surface area (Å²) in [6, 6.07) is 5.40. The van der Waals surface area contributed by atoms with E-state index < -0.39 is 0 Å². The average molecular weight is 237 g/mol. The van der Waals surface area contributed by atoms with Gasteiger partial charge in [-0.25, -0.2) is 0 Å². The van der Waals surface area contributed by atoms with Crippen LogP contribution in [0.15, 0.2) is 23.4 Å². The second kappa shape index (κ2) is 7.54. The lowest BCUT2D eigenvalue weighted by Gasteiger charge is -2.10. The lowest BCUT2D eigenvalue weighted by atomic mass is 10.2. The van der Waals surface area contributed by atoms with Crippen LogP contribution in [0.3, 0.4) is 0 Å². The fourth-order valence-corrected chi connectivity index (χ4v) is 1.47. The Hall–Kier alpha value is -1.71. The number of oxime groups is 1. The standard InChI is InChI=1S/C13H19NO3/c1-3-4-5-8-17-13-9-12(16-2)7-6-11(13)10-14-15/h6-7,9-10,15H,3-5,8H2,1-2H3/b14-10+. The monoisotopic (exact) mass is 237 g/mol. The van der Waals surface area contributed by atoms with Crippen LogP contribution in [0.25, 0.3) is 0 Å². The zero-order valence-corrected chi connectivity index (χ0v) is 10.3. The van der Waals surface area contributed by atoms with Crippen molar-refractivity contribution in [2.45, 2.75) is 26.2 Å². The minimum Gasteiger partial charge on any atom is -0.497 e. The summed E-state index contributed by atoms with van der Waals surface area (Å²) >= 11 is 0.